The SMILES string of the molecule is CCNC(=NCc1c(CC)nn(C)c1CC)NCCC1=CCCCC1.I. The second-order valence-electron chi connectivity index (χ2n) is 6.68. The van der Waals surface area contributed by atoms with Crippen molar-refractivity contribution >= 4 is 29.9 Å². The van der Waals surface area contributed by atoms with Gasteiger partial charge in [-0.05, 0) is 51.9 Å². The zero-order valence-electron chi connectivity index (χ0n) is 16.9. The van der Waals surface area contributed by atoms with Gasteiger partial charge in [-0.25, -0.2) is 4.99 Å². The van der Waals surface area contributed by atoms with Crippen LogP contribution in [-0.2, 0) is 26.4 Å². The lowest BCUT2D eigenvalue weighted by Crippen LogP contribution is -2.37. The highest BCUT2D eigenvalue weighted by Crippen LogP contribution is 2.19. The molecule has 0 saturated carbocycles. The molecule has 2 N–H and O–H groups in total. The molecule has 0 aromatic carbocycles. The van der Waals surface area contributed by atoms with Crippen molar-refractivity contribution in [3.05, 3.63) is 28.6 Å². The molecule has 26 heavy (non-hydrogen) atoms. The number of nitrogens with one attached hydrogen (secondary N) is 2. The molecular formula is C20H36IN5. The minimum absolute atomic E-state index is 0. The van der Waals surface area contributed by atoms with E-state index in [-0.39, 0.29) is 24.0 Å². The number of nitrogens with zero attached hydrogens (tertiary/aromatic N) is 3. The van der Waals surface area contributed by atoms with Crippen molar-refractivity contribution in [2.45, 2.75) is 72.3 Å². The number of halogens is 1. The van der Waals surface area contributed by atoms with Crippen molar-refractivity contribution in [2.24, 2.45) is 12.0 Å². The summed E-state index contributed by atoms with van der Waals surface area (Å²) in [6.45, 7) is 8.98. The normalized spacial score (nSPS) is 14.6. The Kier molecular flexibility index (Phi) is 10.9. The summed E-state index contributed by atoms with van der Waals surface area (Å²) >= 11 is 0. The van der Waals surface area contributed by atoms with Gasteiger partial charge in [0, 0.05) is 31.4 Å². The molecule has 0 amide bonds. The summed E-state index contributed by atoms with van der Waals surface area (Å²) in [4.78, 5) is 4.82. The monoisotopic (exact) mass is 473 g/mol. The van der Waals surface area contributed by atoms with Crippen LogP contribution in [0.25, 0.3) is 0 Å². The molecule has 1 heterocycles. The van der Waals surface area contributed by atoms with Gasteiger partial charge in [0.2, 0.25) is 0 Å². The lowest BCUT2D eigenvalue weighted by Gasteiger charge is -2.15. The Bertz CT molecular complexity index is 604. The Morgan fingerprint density at radius 2 is 2.00 bits per heavy atom. The molecule has 0 radical (unpaired) electrons. The molecule has 6 heteroatoms. The van der Waals surface area contributed by atoms with E-state index in [0.717, 1.165) is 38.3 Å². The van der Waals surface area contributed by atoms with E-state index in [9.17, 15) is 0 Å². The Morgan fingerprint density at radius 3 is 2.62 bits per heavy atom. The second-order valence-corrected chi connectivity index (χ2v) is 6.68. The first-order valence-electron chi connectivity index (χ1n) is 9.93. The number of aliphatic imine (C=N–C) groups is 1. The highest BCUT2D eigenvalue weighted by molar-refractivity contribution is 14.0. The van der Waals surface area contributed by atoms with Crippen LogP contribution >= 0.6 is 24.0 Å². The molecule has 5 nitrogen and oxygen atoms in total. The number of hydrogen-bond donors (Lipinski definition) is 2. The summed E-state index contributed by atoms with van der Waals surface area (Å²) in [5.41, 5.74) is 5.36. The summed E-state index contributed by atoms with van der Waals surface area (Å²) in [6.07, 6.45) is 10.7. The summed E-state index contributed by atoms with van der Waals surface area (Å²) < 4.78 is 2.01. The number of hydrogen-bond acceptors (Lipinski definition) is 2. The topological polar surface area (TPSA) is 54.2 Å². The molecular weight excluding hydrogens is 437 g/mol. The minimum atomic E-state index is 0. The van der Waals surface area contributed by atoms with Crippen molar-refractivity contribution in [3.63, 3.8) is 0 Å². The highest BCUT2D eigenvalue weighted by Gasteiger charge is 2.13. The van der Waals surface area contributed by atoms with Crippen LogP contribution in [0.5, 0.6) is 0 Å². The molecule has 1 aromatic rings. The first-order chi connectivity index (χ1) is 12.2. The van der Waals surface area contributed by atoms with Crippen molar-refractivity contribution in [1.29, 1.82) is 0 Å². The number of aryl methyl sites for hydroxylation is 2. The van der Waals surface area contributed by atoms with Gasteiger partial charge >= 0.3 is 0 Å². The molecule has 0 spiro atoms. The van der Waals surface area contributed by atoms with E-state index in [4.69, 9.17) is 4.99 Å². The van der Waals surface area contributed by atoms with Crippen LogP contribution in [0.1, 0.15) is 69.8 Å². The van der Waals surface area contributed by atoms with Gasteiger partial charge in [-0.15, -0.1) is 24.0 Å². The first-order valence-corrected chi connectivity index (χ1v) is 9.93. The van der Waals surface area contributed by atoms with Crippen molar-refractivity contribution < 1.29 is 0 Å². The molecule has 0 atom stereocenters. The van der Waals surface area contributed by atoms with E-state index < -0.39 is 0 Å². The molecule has 0 bridgehead atoms. The first kappa shape index (κ1) is 23.0. The molecule has 1 aliphatic rings. The van der Waals surface area contributed by atoms with Gasteiger partial charge in [-0.2, -0.15) is 5.10 Å². The zero-order valence-corrected chi connectivity index (χ0v) is 19.2. The predicted octanol–water partition coefficient (Wildman–Crippen LogP) is 4.11. The molecule has 1 aliphatic carbocycles. The number of guanidine groups is 1. The number of aromatic nitrogens is 2. The fourth-order valence-corrected chi connectivity index (χ4v) is 3.55. The van der Waals surface area contributed by atoms with Gasteiger partial charge in [0.25, 0.3) is 0 Å². The quantitative estimate of drug-likeness (QED) is 0.259. The smallest absolute Gasteiger partial charge is 0.191 e. The lowest BCUT2D eigenvalue weighted by atomic mass is 9.97. The maximum atomic E-state index is 4.82. The van der Waals surface area contributed by atoms with E-state index >= 15 is 0 Å². The number of allylic oxidation sites excluding steroid dienone is 1. The third-order valence-corrected chi connectivity index (χ3v) is 4.89. The van der Waals surface area contributed by atoms with Crippen molar-refractivity contribution in [2.75, 3.05) is 13.1 Å². The van der Waals surface area contributed by atoms with Gasteiger partial charge in [-0.3, -0.25) is 4.68 Å². The molecule has 0 saturated heterocycles. The Balaban J connectivity index is 0.00000338. The van der Waals surface area contributed by atoms with Crippen LogP contribution < -0.4 is 10.6 Å². The molecule has 0 aliphatic heterocycles. The Morgan fingerprint density at radius 1 is 1.19 bits per heavy atom. The molecule has 1 aromatic heterocycles. The standard InChI is InChI=1S/C20H35N5.HI/c1-5-18-17(19(6-2)25(4)24-18)15-23-20(21-7-3)22-14-13-16-11-9-8-10-12-16;/h11H,5-10,12-15H2,1-4H3,(H2,21,22,23);1H. The van der Waals surface area contributed by atoms with Gasteiger partial charge in [0.15, 0.2) is 5.96 Å². The van der Waals surface area contributed by atoms with E-state index in [0.29, 0.717) is 6.54 Å². The Hall–Kier alpha value is -1.05. The van der Waals surface area contributed by atoms with Gasteiger partial charge < -0.3 is 10.6 Å². The fourth-order valence-electron chi connectivity index (χ4n) is 3.55. The van der Waals surface area contributed by atoms with Crippen LogP contribution in [0.2, 0.25) is 0 Å². The third kappa shape index (κ3) is 6.59. The lowest BCUT2D eigenvalue weighted by molar-refractivity contribution is 0.665. The maximum absolute atomic E-state index is 4.82. The van der Waals surface area contributed by atoms with Crippen LogP contribution in [0.4, 0.5) is 0 Å². The van der Waals surface area contributed by atoms with Crippen LogP contribution in [0.3, 0.4) is 0 Å². The maximum Gasteiger partial charge on any atom is 0.191 e. The van der Waals surface area contributed by atoms with Gasteiger partial charge in [0.05, 0.1) is 12.2 Å². The summed E-state index contributed by atoms with van der Waals surface area (Å²) in [7, 11) is 2.03. The molecule has 0 fully saturated rings. The minimum Gasteiger partial charge on any atom is -0.357 e. The van der Waals surface area contributed by atoms with Crippen molar-refractivity contribution in [1.82, 2.24) is 20.4 Å². The molecule has 2 rings (SSSR count). The van der Waals surface area contributed by atoms with Crippen LogP contribution in [-0.4, -0.2) is 28.8 Å². The second kappa shape index (κ2) is 12.4. The van der Waals surface area contributed by atoms with Crippen molar-refractivity contribution in [3.8, 4) is 0 Å². The largest absolute Gasteiger partial charge is 0.357 e. The molecule has 148 valence electrons. The van der Waals surface area contributed by atoms with E-state index in [1.54, 1.807) is 5.57 Å². The van der Waals surface area contributed by atoms with Crippen LogP contribution in [0.15, 0.2) is 16.6 Å². The average Bonchev–Trinajstić information content (AvgIpc) is 2.95. The van der Waals surface area contributed by atoms with Gasteiger partial charge in [0.1, 0.15) is 0 Å². The van der Waals surface area contributed by atoms with E-state index in [1.165, 1.54) is 42.6 Å². The van der Waals surface area contributed by atoms with Gasteiger partial charge in [-0.1, -0.05) is 25.5 Å². The molecule has 0 unspecified atom stereocenters. The average molecular weight is 473 g/mol. The van der Waals surface area contributed by atoms with Crippen LogP contribution in [0, 0.1) is 0 Å². The van der Waals surface area contributed by atoms with E-state index in [2.05, 4.69) is 42.6 Å². The zero-order chi connectivity index (χ0) is 18.1. The summed E-state index contributed by atoms with van der Waals surface area (Å²) in [6, 6.07) is 0. The summed E-state index contributed by atoms with van der Waals surface area (Å²) in [5, 5.41) is 11.5. The predicted molar refractivity (Wildman–Crippen MR) is 121 cm³/mol. The third-order valence-electron chi connectivity index (χ3n) is 4.89. The number of rotatable bonds is 8. The highest BCUT2D eigenvalue weighted by atomic mass is 127. The van der Waals surface area contributed by atoms with E-state index in [1.807, 2.05) is 11.7 Å². The Labute approximate surface area is 176 Å². The fraction of sp³-hybridized carbons (Fsp3) is 0.700. The summed E-state index contributed by atoms with van der Waals surface area (Å²) in [5.74, 6) is 0.909.